The Morgan fingerprint density at radius 1 is 1.15 bits per heavy atom. The minimum absolute atomic E-state index is 0.0418. The SMILES string of the molecule is O=C(COC(=O)c1c2c(nc3ccccc13)/C(=C/c1ccco1)CCC2)NCC1CCCO1. The number of hydrogen-bond donors (Lipinski definition) is 1. The molecule has 0 bridgehead atoms. The van der Waals surface area contributed by atoms with Crippen LogP contribution in [0.3, 0.4) is 0 Å². The van der Waals surface area contributed by atoms with Crippen molar-refractivity contribution in [3.8, 4) is 0 Å². The third-order valence-electron chi connectivity index (χ3n) is 6.12. The molecule has 2 aromatic heterocycles. The lowest BCUT2D eigenvalue weighted by Crippen LogP contribution is -2.35. The van der Waals surface area contributed by atoms with Gasteiger partial charge in [-0.05, 0) is 67.5 Å². The van der Waals surface area contributed by atoms with Gasteiger partial charge in [-0.3, -0.25) is 4.79 Å². The molecule has 1 aliphatic carbocycles. The van der Waals surface area contributed by atoms with Gasteiger partial charge >= 0.3 is 5.97 Å². The van der Waals surface area contributed by atoms with Crippen molar-refractivity contribution < 1.29 is 23.5 Å². The molecule has 3 heterocycles. The number of para-hydroxylation sites is 1. The number of pyridine rings is 1. The molecule has 1 N–H and O–H groups in total. The summed E-state index contributed by atoms with van der Waals surface area (Å²) in [4.78, 5) is 30.3. The number of hydrogen-bond acceptors (Lipinski definition) is 6. The molecule has 170 valence electrons. The summed E-state index contributed by atoms with van der Waals surface area (Å²) in [7, 11) is 0. The van der Waals surface area contributed by atoms with E-state index in [0.717, 1.165) is 72.2 Å². The van der Waals surface area contributed by atoms with Gasteiger partial charge in [-0.2, -0.15) is 0 Å². The van der Waals surface area contributed by atoms with Gasteiger partial charge in [0.25, 0.3) is 5.91 Å². The molecular weight excluding hydrogens is 420 g/mol. The molecule has 0 saturated carbocycles. The first-order valence-corrected chi connectivity index (χ1v) is 11.4. The van der Waals surface area contributed by atoms with Gasteiger partial charge in [-0.1, -0.05) is 18.2 Å². The van der Waals surface area contributed by atoms with Crippen LogP contribution in [-0.2, 0) is 20.7 Å². The fourth-order valence-electron chi connectivity index (χ4n) is 4.54. The van der Waals surface area contributed by atoms with E-state index in [2.05, 4.69) is 5.32 Å². The van der Waals surface area contributed by atoms with Crippen molar-refractivity contribution in [1.82, 2.24) is 10.3 Å². The Labute approximate surface area is 191 Å². The van der Waals surface area contributed by atoms with Gasteiger partial charge in [-0.15, -0.1) is 0 Å². The number of carbonyl (C=O) groups is 2. The van der Waals surface area contributed by atoms with Gasteiger partial charge in [0, 0.05) is 18.5 Å². The second-order valence-electron chi connectivity index (χ2n) is 8.38. The standard InChI is InChI=1S/C26H26N2O5/c29-23(27-15-19-8-5-13-32-19)16-33-26(30)24-20-9-1-2-11-22(20)28-25-17(6-3-10-21(24)25)14-18-7-4-12-31-18/h1-2,4,7,9,11-12,14,19H,3,5-6,8,10,13,15-16H2,(H,27,29)/b17-14+. The van der Waals surface area contributed by atoms with Crippen LogP contribution in [0.15, 0.2) is 47.1 Å². The Kier molecular flexibility index (Phi) is 6.21. The summed E-state index contributed by atoms with van der Waals surface area (Å²) in [6.45, 7) is 0.836. The molecule has 1 saturated heterocycles. The van der Waals surface area contributed by atoms with Crippen LogP contribution in [0.25, 0.3) is 22.6 Å². The Hall–Kier alpha value is -3.45. The number of furan rings is 1. The topological polar surface area (TPSA) is 90.7 Å². The highest BCUT2D eigenvalue weighted by atomic mass is 16.5. The molecule has 3 aromatic rings. The number of benzene rings is 1. The Morgan fingerprint density at radius 2 is 2.06 bits per heavy atom. The lowest BCUT2D eigenvalue weighted by molar-refractivity contribution is -0.124. The predicted octanol–water partition coefficient (Wildman–Crippen LogP) is 4.16. The number of amides is 1. The molecule has 1 unspecified atom stereocenters. The number of nitrogens with one attached hydrogen (secondary N) is 1. The molecule has 0 radical (unpaired) electrons. The van der Waals surface area contributed by atoms with Crippen LogP contribution in [0.2, 0.25) is 0 Å². The number of aromatic nitrogens is 1. The van der Waals surface area contributed by atoms with Crippen LogP contribution < -0.4 is 5.32 Å². The van der Waals surface area contributed by atoms with Crippen molar-refractivity contribution in [1.29, 1.82) is 0 Å². The summed E-state index contributed by atoms with van der Waals surface area (Å²) in [6, 6.07) is 11.3. The molecule has 1 atom stereocenters. The maximum absolute atomic E-state index is 13.2. The molecule has 7 nitrogen and oxygen atoms in total. The maximum atomic E-state index is 13.2. The molecule has 5 rings (SSSR count). The van der Waals surface area contributed by atoms with E-state index in [9.17, 15) is 9.59 Å². The Morgan fingerprint density at radius 3 is 2.88 bits per heavy atom. The third kappa shape index (κ3) is 4.68. The number of carbonyl (C=O) groups excluding carboxylic acids is 2. The molecule has 1 fully saturated rings. The molecule has 2 aliphatic rings. The smallest absolute Gasteiger partial charge is 0.339 e. The van der Waals surface area contributed by atoms with E-state index in [1.54, 1.807) is 6.26 Å². The van der Waals surface area contributed by atoms with E-state index >= 15 is 0 Å². The van der Waals surface area contributed by atoms with Crippen molar-refractivity contribution in [3.63, 3.8) is 0 Å². The molecule has 1 aromatic carbocycles. The van der Waals surface area contributed by atoms with Crippen molar-refractivity contribution >= 4 is 34.4 Å². The van der Waals surface area contributed by atoms with E-state index in [0.29, 0.717) is 12.1 Å². The highest BCUT2D eigenvalue weighted by Crippen LogP contribution is 2.36. The lowest BCUT2D eigenvalue weighted by Gasteiger charge is -2.22. The first-order chi connectivity index (χ1) is 16.2. The number of fused-ring (bicyclic) bond motifs is 2. The molecule has 33 heavy (non-hydrogen) atoms. The zero-order valence-corrected chi connectivity index (χ0v) is 18.3. The maximum Gasteiger partial charge on any atom is 0.339 e. The quantitative estimate of drug-likeness (QED) is 0.572. The monoisotopic (exact) mass is 446 g/mol. The van der Waals surface area contributed by atoms with Gasteiger partial charge in [0.2, 0.25) is 0 Å². The number of allylic oxidation sites excluding steroid dienone is 1. The fraction of sp³-hybridized carbons (Fsp3) is 0.346. The average molecular weight is 447 g/mol. The molecular formula is C26H26N2O5. The van der Waals surface area contributed by atoms with Crippen molar-refractivity contribution in [3.05, 3.63) is 65.2 Å². The highest BCUT2D eigenvalue weighted by molar-refractivity contribution is 6.07. The van der Waals surface area contributed by atoms with Crippen LogP contribution in [0.1, 0.15) is 53.1 Å². The summed E-state index contributed by atoms with van der Waals surface area (Å²) in [5, 5.41) is 3.53. The van der Waals surface area contributed by atoms with E-state index < -0.39 is 5.97 Å². The summed E-state index contributed by atoms with van der Waals surface area (Å²) < 4.78 is 16.5. The second-order valence-corrected chi connectivity index (χ2v) is 8.38. The van der Waals surface area contributed by atoms with Crippen molar-refractivity contribution in [2.75, 3.05) is 19.8 Å². The lowest BCUT2D eigenvalue weighted by atomic mass is 9.86. The van der Waals surface area contributed by atoms with Gasteiger partial charge in [0.05, 0.1) is 29.1 Å². The van der Waals surface area contributed by atoms with E-state index in [4.69, 9.17) is 18.9 Å². The van der Waals surface area contributed by atoms with E-state index in [1.807, 2.05) is 42.5 Å². The number of ether oxygens (including phenoxy) is 2. The third-order valence-corrected chi connectivity index (χ3v) is 6.12. The molecule has 1 aliphatic heterocycles. The largest absolute Gasteiger partial charge is 0.465 e. The minimum atomic E-state index is -0.503. The Bertz CT molecular complexity index is 1190. The summed E-state index contributed by atoms with van der Waals surface area (Å²) in [6.07, 6.45) is 8.05. The summed E-state index contributed by atoms with van der Waals surface area (Å²) in [5.74, 6) is -0.0827. The van der Waals surface area contributed by atoms with Crippen LogP contribution >= 0.6 is 0 Å². The number of rotatable bonds is 6. The zero-order valence-electron chi connectivity index (χ0n) is 18.3. The Balaban J connectivity index is 1.41. The minimum Gasteiger partial charge on any atom is -0.465 e. The summed E-state index contributed by atoms with van der Waals surface area (Å²) >= 11 is 0. The van der Waals surface area contributed by atoms with Crippen LogP contribution in [0.5, 0.6) is 0 Å². The van der Waals surface area contributed by atoms with E-state index in [-0.39, 0.29) is 18.6 Å². The summed E-state index contributed by atoms with van der Waals surface area (Å²) in [5.41, 5.74) is 3.90. The zero-order chi connectivity index (χ0) is 22.6. The van der Waals surface area contributed by atoms with Crippen molar-refractivity contribution in [2.24, 2.45) is 0 Å². The normalized spacial score (nSPS) is 18.9. The highest BCUT2D eigenvalue weighted by Gasteiger charge is 2.26. The first-order valence-electron chi connectivity index (χ1n) is 11.4. The predicted molar refractivity (Wildman–Crippen MR) is 124 cm³/mol. The van der Waals surface area contributed by atoms with Gasteiger partial charge in [0.1, 0.15) is 5.76 Å². The second kappa shape index (κ2) is 9.58. The molecule has 0 spiro atoms. The number of esters is 1. The van der Waals surface area contributed by atoms with Gasteiger partial charge in [0.15, 0.2) is 6.61 Å². The fourth-order valence-corrected chi connectivity index (χ4v) is 4.54. The van der Waals surface area contributed by atoms with Crippen LogP contribution in [-0.4, -0.2) is 42.7 Å². The molecule has 7 heteroatoms. The van der Waals surface area contributed by atoms with Crippen LogP contribution in [0.4, 0.5) is 0 Å². The first kappa shape index (κ1) is 21.4. The number of nitrogens with zero attached hydrogens (tertiary/aromatic N) is 1. The van der Waals surface area contributed by atoms with Crippen LogP contribution in [0, 0.1) is 0 Å². The van der Waals surface area contributed by atoms with Gasteiger partial charge < -0.3 is 19.2 Å². The average Bonchev–Trinajstić information content (AvgIpc) is 3.54. The van der Waals surface area contributed by atoms with Crippen molar-refractivity contribution in [2.45, 2.75) is 38.2 Å². The van der Waals surface area contributed by atoms with E-state index in [1.165, 1.54) is 0 Å². The van der Waals surface area contributed by atoms with Gasteiger partial charge in [-0.25, -0.2) is 9.78 Å². The molecule has 1 amide bonds.